The highest BCUT2D eigenvalue weighted by Gasteiger charge is 2.18. The monoisotopic (exact) mass is 210 g/mol. The topological polar surface area (TPSA) is 72.2 Å². The Morgan fingerprint density at radius 2 is 2.21 bits per heavy atom. The fourth-order valence-corrected chi connectivity index (χ4v) is 2.76. The first-order chi connectivity index (χ1) is 6.66. The third kappa shape index (κ3) is 1.63. The van der Waals surface area contributed by atoms with E-state index < -0.39 is 11.9 Å². The molecule has 0 saturated heterocycles. The standard InChI is InChI=1S/C9H10N2O2S/c10-9(13)11-8(12)7-4-5-2-1-3-6(5)14-7/h4H,1-3H2,(H3,10,11,12,13). The summed E-state index contributed by atoms with van der Waals surface area (Å²) in [6.45, 7) is 0. The highest BCUT2D eigenvalue weighted by Crippen LogP contribution is 2.30. The van der Waals surface area contributed by atoms with Gasteiger partial charge in [0.15, 0.2) is 0 Å². The number of urea groups is 1. The van der Waals surface area contributed by atoms with Crippen LogP contribution >= 0.6 is 11.3 Å². The average Bonchev–Trinajstić information content (AvgIpc) is 2.58. The highest BCUT2D eigenvalue weighted by atomic mass is 32.1. The number of amides is 3. The summed E-state index contributed by atoms with van der Waals surface area (Å²) in [5.41, 5.74) is 6.10. The van der Waals surface area contributed by atoms with E-state index in [4.69, 9.17) is 5.73 Å². The van der Waals surface area contributed by atoms with Crippen LogP contribution in [0.5, 0.6) is 0 Å². The van der Waals surface area contributed by atoms with E-state index in [0.29, 0.717) is 4.88 Å². The minimum Gasteiger partial charge on any atom is -0.351 e. The van der Waals surface area contributed by atoms with Gasteiger partial charge in [-0.3, -0.25) is 10.1 Å². The molecule has 1 aromatic rings. The molecule has 1 heterocycles. The van der Waals surface area contributed by atoms with Crippen LogP contribution in [0.15, 0.2) is 6.07 Å². The molecule has 3 amide bonds. The number of hydrogen-bond acceptors (Lipinski definition) is 3. The normalized spacial score (nSPS) is 13.7. The quantitative estimate of drug-likeness (QED) is 0.727. The molecule has 14 heavy (non-hydrogen) atoms. The third-order valence-corrected chi connectivity index (χ3v) is 3.44. The van der Waals surface area contributed by atoms with Crippen molar-refractivity contribution in [2.75, 3.05) is 0 Å². The Kier molecular flexibility index (Phi) is 2.25. The lowest BCUT2D eigenvalue weighted by atomic mass is 10.2. The summed E-state index contributed by atoms with van der Waals surface area (Å²) < 4.78 is 0. The van der Waals surface area contributed by atoms with Crippen LogP contribution in [0.4, 0.5) is 4.79 Å². The number of rotatable bonds is 1. The van der Waals surface area contributed by atoms with Crippen LogP contribution in [0.2, 0.25) is 0 Å². The summed E-state index contributed by atoms with van der Waals surface area (Å²) in [6.07, 6.45) is 3.25. The SMILES string of the molecule is NC(=O)NC(=O)c1cc2c(s1)CCC2. The molecule has 5 heteroatoms. The minimum absolute atomic E-state index is 0.392. The van der Waals surface area contributed by atoms with Crippen molar-refractivity contribution in [1.29, 1.82) is 0 Å². The maximum absolute atomic E-state index is 11.4. The maximum atomic E-state index is 11.4. The summed E-state index contributed by atoms with van der Waals surface area (Å²) in [5.74, 6) is -0.392. The van der Waals surface area contributed by atoms with Crippen LogP contribution < -0.4 is 11.1 Å². The molecule has 2 rings (SSSR count). The molecule has 3 N–H and O–H groups in total. The van der Waals surface area contributed by atoms with E-state index in [2.05, 4.69) is 5.32 Å². The van der Waals surface area contributed by atoms with Crippen molar-refractivity contribution >= 4 is 23.3 Å². The van der Waals surface area contributed by atoms with Crippen molar-refractivity contribution in [1.82, 2.24) is 5.32 Å². The highest BCUT2D eigenvalue weighted by molar-refractivity contribution is 7.14. The van der Waals surface area contributed by atoms with E-state index in [9.17, 15) is 9.59 Å². The smallest absolute Gasteiger partial charge is 0.319 e. The van der Waals surface area contributed by atoms with Gasteiger partial charge in [-0.2, -0.15) is 0 Å². The van der Waals surface area contributed by atoms with Gasteiger partial charge in [0.25, 0.3) is 5.91 Å². The van der Waals surface area contributed by atoms with Crippen LogP contribution in [0.25, 0.3) is 0 Å². The number of nitrogens with one attached hydrogen (secondary N) is 1. The Morgan fingerprint density at radius 1 is 1.43 bits per heavy atom. The first kappa shape index (κ1) is 9.21. The van der Waals surface area contributed by atoms with Gasteiger partial charge in [-0.15, -0.1) is 11.3 Å². The molecule has 4 nitrogen and oxygen atoms in total. The van der Waals surface area contributed by atoms with Gasteiger partial charge in [0.1, 0.15) is 0 Å². The molecule has 0 atom stereocenters. The number of aryl methyl sites for hydroxylation is 2. The fourth-order valence-electron chi connectivity index (χ4n) is 1.61. The molecule has 0 saturated carbocycles. The Hall–Kier alpha value is -1.36. The zero-order valence-corrected chi connectivity index (χ0v) is 8.32. The number of fused-ring (bicyclic) bond motifs is 1. The van der Waals surface area contributed by atoms with Crippen LogP contribution in [0.3, 0.4) is 0 Å². The zero-order chi connectivity index (χ0) is 10.1. The number of nitrogens with two attached hydrogens (primary N) is 1. The zero-order valence-electron chi connectivity index (χ0n) is 7.50. The van der Waals surface area contributed by atoms with Gasteiger partial charge in [0, 0.05) is 4.88 Å². The second-order valence-corrected chi connectivity index (χ2v) is 4.37. The van der Waals surface area contributed by atoms with Gasteiger partial charge in [-0.25, -0.2) is 4.79 Å². The van der Waals surface area contributed by atoms with Gasteiger partial charge in [0.05, 0.1) is 4.88 Å². The molecule has 1 aliphatic carbocycles. The molecule has 0 bridgehead atoms. The summed E-state index contributed by atoms with van der Waals surface area (Å²) >= 11 is 1.45. The number of carbonyl (C=O) groups is 2. The molecule has 74 valence electrons. The van der Waals surface area contributed by atoms with E-state index in [1.54, 1.807) is 0 Å². The maximum Gasteiger partial charge on any atom is 0.319 e. The number of hydrogen-bond donors (Lipinski definition) is 2. The van der Waals surface area contributed by atoms with Gasteiger partial charge < -0.3 is 5.73 Å². The molecular weight excluding hydrogens is 200 g/mol. The molecule has 0 aromatic carbocycles. The fraction of sp³-hybridized carbons (Fsp3) is 0.333. The van der Waals surface area contributed by atoms with Crippen LogP contribution in [-0.4, -0.2) is 11.9 Å². The number of primary amides is 1. The number of carbonyl (C=O) groups excluding carboxylic acids is 2. The van der Waals surface area contributed by atoms with Crippen molar-refractivity contribution in [3.63, 3.8) is 0 Å². The van der Waals surface area contributed by atoms with Crippen LogP contribution in [-0.2, 0) is 12.8 Å². The van der Waals surface area contributed by atoms with Crippen LogP contribution in [0, 0.1) is 0 Å². The van der Waals surface area contributed by atoms with E-state index >= 15 is 0 Å². The third-order valence-electron chi connectivity index (χ3n) is 2.21. The molecule has 0 aliphatic heterocycles. The number of thiophene rings is 1. The van der Waals surface area contributed by atoms with E-state index in [0.717, 1.165) is 12.8 Å². The van der Waals surface area contributed by atoms with E-state index in [1.807, 2.05) is 6.07 Å². The largest absolute Gasteiger partial charge is 0.351 e. The minimum atomic E-state index is -0.802. The van der Waals surface area contributed by atoms with E-state index in [1.165, 1.54) is 28.2 Å². The summed E-state index contributed by atoms with van der Waals surface area (Å²) in [5, 5.41) is 2.06. The molecule has 0 spiro atoms. The predicted octanol–water partition coefficient (Wildman–Crippen LogP) is 1.05. The van der Waals surface area contributed by atoms with Crippen molar-refractivity contribution in [2.24, 2.45) is 5.73 Å². The van der Waals surface area contributed by atoms with Gasteiger partial charge in [-0.1, -0.05) is 0 Å². The lowest BCUT2D eigenvalue weighted by molar-refractivity contribution is 0.0970. The second kappa shape index (κ2) is 3.42. The predicted molar refractivity (Wildman–Crippen MR) is 53.4 cm³/mol. The Morgan fingerprint density at radius 3 is 2.86 bits per heavy atom. The van der Waals surface area contributed by atoms with Crippen molar-refractivity contribution < 1.29 is 9.59 Å². The molecule has 1 aromatic heterocycles. The molecule has 0 fully saturated rings. The van der Waals surface area contributed by atoms with Gasteiger partial charge in [0.2, 0.25) is 0 Å². The first-order valence-electron chi connectivity index (χ1n) is 4.39. The van der Waals surface area contributed by atoms with Gasteiger partial charge in [-0.05, 0) is 30.9 Å². The Balaban J connectivity index is 2.17. The van der Waals surface area contributed by atoms with Gasteiger partial charge >= 0.3 is 6.03 Å². The molecular formula is C9H10N2O2S. The summed E-state index contributed by atoms with van der Waals surface area (Å²) in [7, 11) is 0. The Labute approximate surface area is 85.1 Å². The van der Waals surface area contributed by atoms with Crippen molar-refractivity contribution in [2.45, 2.75) is 19.3 Å². The van der Waals surface area contributed by atoms with Crippen molar-refractivity contribution in [3.8, 4) is 0 Å². The number of imide groups is 1. The second-order valence-electron chi connectivity index (χ2n) is 3.23. The van der Waals surface area contributed by atoms with E-state index in [-0.39, 0.29) is 0 Å². The summed E-state index contributed by atoms with van der Waals surface area (Å²) in [6, 6.07) is 1.05. The lowest BCUT2D eigenvalue weighted by Crippen LogP contribution is -2.34. The van der Waals surface area contributed by atoms with Crippen LogP contribution in [0.1, 0.15) is 26.5 Å². The average molecular weight is 210 g/mol. The summed E-state index contributed by atoms with van der Waals surface area (Å²) in [4.78, 5) is 23.7. The Bertz CT molecular complexity index is 376. The molecule has 1 aliphatic rings. The molecule has 0 unspecified atom stereocenters. The van der Waals surface area contributed by atoms with Crippen molar-refractivity contribution in [3.05, 3.63) is 21.4 Å². The molecule has 0 radical (unpaired) electrons. The first-order valence-corrected chi connectivity index (χ1v) is 5.21. The lowest BCUT2D eigenvalue weighted by Gasteiger charge is -1.96.